The van der Waals surface area contributed by atoms with Gasteiger partial charge in [0.15, 0.2) is 0 Å². The Hall–Kier alpha value is -2.67. The van der Waals surface area contributed by atoms with Crippen molar-refractivity contribution in [3.8, 4) is 11.5 Å². The number of hydrogen-bond donors (Lipinski definition) is 2. The second-order valence-electron chi connectivity index (χ2n) is 6.62. The highest BCUT2D eigenvalue weighted by atomic mass is 32.2. The van der Waals surface area contributed by atoms with Gasteiger partial charge in [0.2, 0.25) is 11.8 Å². The summed E-state index contributed by atoms with van der Waals surface area (Å²) in [6.45, 7) is 4.60. The average molecular weight is 401 g/mol. The highest BCUT2D eigenvalue weighted by molar-refractivity contribution is 7.99. The van der Waals surface area contributed by atoms with Gasteiger partial charge in [-0.2, -0.15) is 0 Å². The largest absolute Gasteiger partial charge is 0.494 e. The summed E-state index contributed by atoms with van der Waals surface area (Å²) in [5.74, 6) is 2.11. The third-order valence-corrected chi connectivity index (χ3v) is 5.30. The molecule has 0 fully saturated rings. The molecule has 3 rings (SSSR count). The van der Waals surface area contributed by atoms with Crippen LogP contribution in [0.2, 0.25) is 0 Å². The quantitative estimate of drug-likeness (QED) is 0.709. The van der Waals surface area contributed by atoms with E-state index in [1.165, 1.54) is 17.3 Å². The maximum Gasteiger partial charge on any atom is 0.248 e. The minimum absolute atomic E-state index is 0.110. The van der Waals surface area contributed by atoms with E-state index in [-0.39, 0.29) is 12.0 Å². The van der Waals surface area contributed by atoms with Gasteiger partial charge in [-0.1, -0.05) is 0 Å². The number of amides is 2. The van der Waals surface area contributed by atoms with Crippen molar-refractivity contribution in [1.29, 1.82) is 0 Å². The molecule has 2 amide bonds. The normalized spacial score (nSPS) is 14.9. The summed E-state index contributed by atoms with van der Waals surface area (Å²) in [6.07, 6.45) is 1.07. The molecular formula is C21H24N2O4S. The van der Waals surface area contributed by atoms with Crippen LogP contribution in [0.25, 0.3) is 0 Å². The van der Waals surface area contributed by atoms with Gasteiger partial charge in [-0.15, -0.1) is 11.8 Å². The van der Waals surface area contributed by atoms with Crippen molar-refractivity contribution in [2.45, 2.75) is 32.1 Å². The Kier molecular flexibility index (Phi) is 6.46. The van der Waals surface area contributed by atoms with Gasteiger partial charge in [-0.05, 0) is 50.2 Å². The molecule has 0 aliphatic carbocycles. The number of anilines is 1. The minimum Gasteiger partial charge on any atom is -0.494 e. The van der Waals surface area contributed by atoms with Gasteiger partial charge in [-0.25, -0.2) is 0 Å². The second kappa shape index (κ2) is 9.01. The van der Waals surface area contributed by atoms with Crippen LogP contribution in [0, 0.1) is 0 Å². The molecule has 7 heteroatoms. The summed E-state index contributed by atoms with van der Waals surface area (Å²) in [5.41, 5.74) is 8.44. The molecule has 6 nitrogen and oxygen atoms in total. The van der Waals surface area contributed by atoms with E-state index in [2.05, 4.69) is 18.3 Å². The van der Waals surface area contributed by atoms with Crippen molar-refractivity contribution in [3.63, 3.8) is 0 Å². The SMILES string of the molecule is CCOc1cc2c(cc1CSCC(=O)Nc1ccc(C(N)=O)cc1)OC(C)C2. The predicted molar refractivity (Wildman–Crippen MR) is 111 cm³/mol. The van der Waals surface area contributed by atoms with Crippen molar-refractivity contribution in [1.82, 2.24) is 0 Å². The van der Waals surface area contributed by atoms with E-state index >= 15 is 0 Å². The molecule has 148 valence electrons. The molecule has 0 saturated carbocycles. The van der Waals surface area contributed by atoms with E-state index in [1.807, 2.05) is 13.0 Å². The Labute approximate surface area is 168 Å². The zero-order valence-electron chi connectivity index (χ0n) is 16.0. The van der Waals surface area contributed by atoms with Crippen LogP contribution < -0.4 is 20.5 Å². The maximum absolute atomic E-state index is 12.2. The maximum atomic E-state index is 12.2. The van der Waals surface area contributed by atoms with Crippen molar-refractivity contribution < 1.29 is 19.1 Å². The van der Waals surface area contributed by atoms with E-state index in [1.54, 1.807) is 24.3 Å². The first kappa shape index (κ1) is 20.1. The van der Waals surface area contributed by atoms with Crippen LogP contribution in [0.15, 0.2) is 36.4 Å². The number of primary amides is 1. The van der Waals surface area contributed by atoms with Crippen LogP contribution in [0.3, 0.4) is 0 Å². The first-order valence-corrected chi connectivity index (χ1v) is 10.3. The smallest absolute Gasteiger partial charge is 0.248 e. The molecule has 28 heavy (non-hydrogen) atoms. The number of nitrogens with two attached hydrogens (primary N) is 1. The molecule has 1 unspecified atom stereocenters. The molecule has 3 N–H and O–H groups in total. The number of hydrogen-bond acceptors (Lipinski definition) is 5. The molecule has 0 bridgehead atoms. The lowest BCUT2D eigenvalue weighted by molar-refractivity contribution is -0.113. The summed E-state index contributed by atoms with van der Waals surface area (Å²) in [5, 5.41) is 2.81. The number of carbonyl (C=O) groups excluding carboxylic acids is 2. The zero-order valence-corrected chi connectivity index (χ0v) is 16.8. The summed E-state index contributed by atoms with van der Waals surface area (Å²) < 4.78 is 11.6. The molecule has 2 aromatic rings. The average Bonchev–Trinajstić information content (AvgIpc) is 3.01. The van der Waals surface area contributed by atoms with Crippen molar-refractivity contribution in [3.05, 3.63) is 53.1 Å². The number of rotatable bonds is 8. The van der Waals surface area contributed by atoms with Gasteiger partial charge >= 0.3 is 0 Å². The first-order valence-electron chi connectivity index (χ1n) is 9.19. The Balaban J connectivity index is 1.56. The van der Waals surface area contributed by atoms with Crippen LogP contribution in [0.1, 0.15) is 35.3 Å². The van der Waals surface area contributed by atoms with E-state index in [0.717, 1.165) is 23.5 Å². The van der Waals surface area contributed by atoms with Gasteiger partial charge in [0.1, 0.15) is 17.6 Å². The number of carbonyl (C=O) groups is 2. The summed E-state index contributed by atoms with van der Waals surface area (Å²) in [4.78, 5) is 23.3. The van der Waals surface area contributed by atoms with Gasteiger partial charge in [0.05, 0.1) is 12.4 Å². The van der Waals surface area contributed by atoms with Crippen LogP contribution in [0.4, 0.5) is 5.69 Å². The first-order chi connectivity index (χ1) is 13.5. The Morgan fingerprint density at radius 3 is 2.71 bits per heavy atom. The van der Waals surface area contributed by atoms with Gasteiger partial charge in [0, 0.05) is 34.6 Å². The number of ether oxygens (including phenoxy) is 2. The molecule has 1 aliphatic rings. The lowest BCUT2D eigenvalue weighted by Crippen LogP contribution is -2.15. The predicted octanol–water partition coefficient (Wildman–Crippen LogP) is 3.38. The fraction of sp³-hybridized carbons (Fsp3) is 0.333. The zero-order chi connectivity index (χ0) is 20.1. The lowest BCUT2D eigenvalue weighted by atomic mass is 10.1. The van der Waals surface area contributed by atoms with E-state index in [0.29, 0.717) is 29.4 Å². The summed E-state index contributed by atoms with van der Waals surface area (Å²) in [7, 11) is 0. The lowest BCUT2D eigenvalue weighted by Gasteiger charge is -2.12. The Morgan fingerprint density at radius 1 is 1.29 bits per heavy atom. The highest BCUT2D eigenvalue weighted by Crippen LogP contribution is 2.36. The molecule has 0 aromatic heterocycles. The molecule has 1 atom stereocenters. The monoisotopic (exact) mass is 400 g/mol. The standard InChI is InChI=1S/C21H24N2O4S/c1-3-26-18-9-15-8-13(2)27-19(15)10-16(18)11-28-12-20(24)23-17-6-4-14(5-7-17)21(22)25/h4-7,9-10,13H,3,8,11-12H2,1-2H3,(H2,22,25)(H,23,24). The van der Waals surface area contributed by atoms with Crippen molar-refractivity contribution in [2.24, 2.45) is 5.73 Å². The molecule has 1 aliphatic heterocycles. The number of thioether (sulfide) groups is 1. The van der Waals surface area contributed by atoms with E-state index in [9.17, 15) is 9.59 Å². The van der Waals surface area contributed by atoms with Gasteiger partial charge in [-0.3, -0.25) is 9.59 Å². The number of benzene rings is 2. The number of nitrogens with one attached hydrogen (secondary N) is 1. The van der Waals surface area contributed by atoms with Crippen LogP contribution in [-0.4, -0.2) is 30.3 Å². The summed E-state index contributed by atoms with van der Waals surface area (Å²) in [6, 6.07) is 10.6. The highest BCUT2D eigenvalue weighted by Gasteiger charge is 2.22. The Morgan fingerprint density at radius 2 is 2.04 bits per heavy atom. The molecular weight excluding hydrogens is 376 g/mol. The molecule has 1 heterocycles. The van der Waals surface area contributed by atoms with Gasteiger partial charge in [0.25, 0.3) is 0 Å². The number of fused-ring (bicyclic) bond motifs is 1. The van der Waals surface area contributed by atoms with Crippen LogP contribution in [0.5, 0.6) is 11.5 Å². The molecule has 0 spiro atoms. The van der Waals surface area contributed by atoms with E-state index in [4.69, 9.17) is 15.2 Å². The third kappa shape index (κ3) is 4.98. The topological polar surface area (TPSA) is 90.6 Å². The summed E-state index contributed by atoms with van der Waals surface area (Å²) >= 11 is 1.51. The fourth-order valence-corrected chi connectivity index (χ4v) is 3.86. The molecule has 0 radical (unpaired) electrons. The van der Waals surface area contributed by atoms with Crippen LogP contribution in [-0.2, 0) is 17.0 Å². The third-order valence-electron chi connectivity index (χ3n) is 4.32. The minimum atomic E-state index is -0.494. The van der Waals surface area contributed by atoms with Gasteiger partial charge < -0.3 is 20.5 Å². The van der Waals surface area contributed by atoms with Crippen molar-refractivity contribution >= 4 is 29.3 Å². The van der Waals surface area contributed by atoms with Crippen molar-refractivity contribution in [2.75, 3.05) is 17.7 Å². The Bertz CT molecular complexity index is 867. The molecule has 2 aromatic carbocycles. The second-order valence-corrected chi connectivity index (χ2v) is 7.60. The van der Waals surface area contributed by atoms with E-state index < -0.39 is 5.91 Å². The fourth-order valence-electron chi connectivity index (χ4n) is 3.05. The molecule has 0 saturated heterocycles. The van der Waals surface area contributed by atoms with Crippen LogP contribution >= 0.6 is 11.8 Å².